The Morgan fingerprint density at radius 3 is 2.74 bits per heavy atom. The summed E-state index contributed by atoms with van der Waals surface area (Å²) in [4.78, 5) is 39.3. The average molecular weight is 531 g/mol. The van der Waals surface area contributed by atoms with Crippen LogP contribution in [0.4, 0.5) is 10.7 Å². The molecule has 2 aromatic heterocycles. The van der Waals surface area contributed by atoms with Gasteiger partial charge in [-0.2, -0.15) is 0 Å². The topological polar surface area (TPSA) is 119 Å². The van der Waals surface area contributed by atoms with Crippen molar-refractivity contribution in [1.82, 2.24) is 25.6 Å². The lowest BCUT2D eigenvalue weighted by Gasteiger charge is -2.32. The molecule has 2 saturated heterocycles. The van der Waals surface area contributed by atoms with Crippen LogP contribution in [0.3, 0.4) is 0 Å². The number of aromatic nitrogens is 3. The molecule has 5 heterocycles. The fourth-order valence-electron chi connectivity index (χ4n) is 4.66. The molecule has 0 saturated carbocycles. The Hall–Kier alpha value is -3.96. The van der Waals surface area contributed by atoms with Crippen molar-refractivity contribution < 1.29 is 19.1 Å². The van der Waals surface area contributed by atoms with Gasteiger partial charge in [-0.05, 0) is 79.0 Å². The molecule has 11 heteroatoms. The Kier molecular flexibility index (Phi) is 6.93. The first kappa shape index (κ1) is 24.4. The number of ether oxygens (including phenoxy) is 2. The highest BCUT2D eigenvalue weighted by Gasteiger charge is 2.26. The predicted octanol–water partition coefficient (Wildman–Crippen LogP) is 3.60. The third kappa shape index (κ3) is 5.48. The van der Waals surface area contributed by atoms with Crippen molar-refractivity contribution in [3.8, 4) is 22.8 Å². The van der Waals surface area contributed by atoms with E-state index in [1.54, 1.807) is 18.3 Å². The number of pyridine rings is 1. The van der Waals surface area contributed by atoms with Gasteiger partial charge in [0.05, 0.1) is 16.3 Å². The molecule has 2 amide bonds. The third-order valence-corrected chi connectivity index (χ3v) is 7.55. The molecule has 0 unspecified atom stereocenters. The van der Waals surface area contributed by atoms with E-state index in [4.69, 9.17) is 9.47 Å². The molecule has 0 bridgehead atoms. The monoisotopic (exact) mass is 530 g/mol. The molecule has 3 aromatic rings. The number of anilines is 1. The minimum Gasteiger partial charge on any atom is -0.454 e. The van der Waals surface area contributed by atoms with E-state index in [2.05, 4.69) is 36.6 Å². The number of hydrogen-bond donors (Lipinski definition) is 2. The van der Waals surface area contributed by atoms with Gasteiger partial charge in [-0.15, -0.1) is 0 Å². The third-order valence-electron chi connectivity index (χ3n) is 6.74. The quantitative estimate of drug-likeness (QED) is 0.439. The maximum absolute atomic E-state index is 11.8. The summed E-state index contributed by atoms with van der Waals surface area (Å²) in [6.07, 6.45) is 7.31. The molecule has 0 atom stereocenters. The van der Waals surface area contributed by atoms with Crippen LogP contribution in [0.5, 0.6) is 11.5 Å². The number of carbonyl (C=O) groups is 2. The number of fused-ring (bicyclic) bond motifs is 1. The summed E-state index contributed by atoms with van der Waals surface area (Å²) >= 11 is 0.887. The Bertz CT molecular complexity index is 1390. The van der Waals surface area contributed by atoms with Crippen molar-refractivity contribution >= 4 is 34.9 Å². The van der Waals surface area contributed by atoms with Crippen molar-refractivity contribution in [2.75, 3.05) is 31.3 Å². The van der Waals surface area contributed by atoms with E-state index in [1.807, 2.05) is 30.5 Å². The van der Waals surface area contributed by atoms with Gasteiger partial charge < -0.3 is 19.7 Å². The van der Waals surface area contributed by atoms with E-state index < -0.39 is 0 Å². The van der Waals surface area contributed by atoms with Crippen LogP contribution >= 0.6 is 11.8 Å². The zero-order valence-electron chi connectivity index (χ0n) is 20.6. The maximum Gasteiger partial charge on any atom is 0.290 e. The molecule has 1 aromatic carbocycles. The van der Waals surface area contributed by atoms with Crippen molar-refractivity contribution in [3.05, 3.63) is 65.0 Å². The van der Waals surface area contributed by atoms with Crippen molar-refractivity contribution in [3.63, 3.8) is 0 Å². The maximum atomic E-state index is 11.8. The van der Waals surface area contributed by atoms with Crippen molar-refractivity contribution in [2.24, 2.45) is 5.92 Å². The highest BCUT2D eigenvalue weighted by molar-refractivity contribution is 8.18. The van der Waals surface area contributed by atoms with Crippen molar-refractivity contribution in [1.29, 1.82) is 0 Å². The second-order valence-electron chi connectivity index (χ2n) is 9.31. The second-order valence-corrected chi connectivity index (χ2v) is 10.3. The van der Waals surface area contributed by atoms with Crippen LogP contribution in [-0.2, 0) is 11.3 Å². The molecule has 10 nitrogen and oxygen atoms in total. The molecule has 3 aliphatic rings. The number of nitrogens with one attached hydrogen (secondary N) is 2. The summed E-state index contributed by atoms with van der Waals surface area (Å²) in [5.74, 6) is 2.36. The van der Waals surface area contributed by atoms with E-state index in [9.17, 15) is 9.59 Å². The van der Waals surface area contributed by atoms with Gasteiger partial charge in [0.25, 0.3) is 11.1 Å². The molecular weight excluding hydrogens is 504 g/mol. The fourth-order valence-corrected chi connectivity index (χ4v) is 5.33. The van der Waals surface area contributed by atoms with Crippen LogP contribution in [0.15, 0.2) is 53.7 Å². The van der Waals surface area contributed by atoms with Gasteiger partial charge in [-0.3, -0.25) is 19.9 Å². The zero-order chi connectivity index (χ0) is 25.9. The first-order valence-corrected chi connectivity index (χ1v) is 13.3. The minimum absolute atomic E-state index is 0.264. The number of piperidine rings is 1. The smallest absolute Gasteiger partial charge is 0.290 e. The molecule has 38 heavy (non-hydrogen) atoms. The van der Waals surface area contributed by atoms with E-state index in [0.29, 0.717) is 22.5 Å². The molecule has 2 N–H and O–H groups in total. The highest BCUT2D eigenvalue weighted by Crippen LogP contribution is 2.35. The first-order valence-electron chi connectivity index (χ1n) is 12.5. The normalized spacial score (nSPS) is 18.3. The van der Waals surface area contributed by atoms with Gasteiger partial charge in [-0.25, -0.2) is 9.97 Å². The second kappa shape index (κ2) is 10.8. The largest absolute Gasteiger partial charge is 0.454 e. The van der Waals surface area contributed by atoms with Crippen LogP contribution in [0.1, 0.15) is 24.1 Å². The van der Waals surface area contributed by atoms with Gasteiger partial charge >= 0.3 is 0 Å². The lowest BCUT2D eigenvalue weighted by atomic mass is 9.97. The van der Waals surface area contributed by atoms with E-state index in [-0.39, 0.29) is 17.9 Å². The molecule has 194 valence electrons. The molecule has 0 radical (unpaired) electrons. The number of carbonyl (C=O) groups excluding carboxylic acids is 2. The standard InChI is InChI=1S/C27H26N6O4S/c34-25-24(38-27(35)32-25)12-20-5-8-29-26(31-20)33-9-6-17(7-10-33)13-28-14-18-1-3-21(30-15-18)19-2-4-22-23(11-19)37-16-36-22/h1-5,8,11-12,15,17,28H,6-7,9-10,13-14,16H2,(H,32,34,35)/b24-12+. The lowest BCUT2D eigenvalue weighted by molar-refractivity contribution is -0.115. The summed E-state index contributed by atoms with van der Waals surface area (Å²) in [6.45, 7) is 3.70. The van der Waals surface area contributed by atoms with Gasteiger partial charge in [0.2, 0.25) is 12.7 Å². The predicted molar refractivity (Wildman–Crippen MR) is 144 cm³/mol. The summed E-state index contributed by atoms with van der Waals surface area (Å²) < 4.78 is 10.8. The molecule has 2 fully saturated rings. The average Bonchev–Trinajstić information content (AvgIpc) is 3.54. The van der Waals surface area contributed by atoms with Gasteiger partial charge in [0.1, 0.15) is 0 Å². The minimum atomic E-state index is -0.384. The van der Waals surface area contributed by atoms with Crippen LogP contribution in [0, 0.1) is 5.92 Å². The van der Waals surface area contributed by atoms with Gasteiger partial charge in [-0.1, -0.05) is 6.07 Å². The number of rotatable bonds is 7. The van der Waals surface area contributed by atoms with Gasteiger partial charge in [0, 0.05) is 37.6 Å². The van der Waals surface area contributed by atoms with E-state index in [1.165, 1.54) is 0 Å². The highest BCUT2D eigenvalue weighted by atomic mass is 32.2. The molecule has 0 aliphatic carbocycles. The number of imide groups is 1. The fraction of sp³-hybridized carbons (Fsp3) is 0.296. The SMILES string of the molecule is O=C1NC(=O)/C(=C\c2ccnc(N3CCC(CNCc4ccc(-c5ccc6c(c5)OCO6)nc4)CC3)n2)S1. The lowest BCUT2D eigenvalue weighted by Crippen LogP contribution is -2.38. The molecule has 0 spiro atoms. The Morgan fingerprint density at radius 1 is 1.08 bits per heavy atom. The van der Waals surface area contributed by atoms with Crippen molar-refractivity contribution in [2.45, 2.75) is 19.4 Å². The Morgan fingerprint density at radius 2 is 1.95 bits per heavy atom. The summed E-state index contributed by atoms with van der Waals surface area (Å²) in [5.41, 5.74) is 3.66. The first-order chi connectivity index (χ1) is 18.6. The van der Waals surface area contributed by atoms with Gasteiger partial charge in [0.15, 0.2) is 11.5 Å². The zero-order valence-corrected chi connectivity index (χ0v) is 21.4. The number of hydrogen-bond acceptors (Lipinski definition) is 10. The van der Waals surface area contributed by atoms with E-state index >= 15 is 0 Å². The van der Waals surface area contributed by atoms with Crippen LogP contribution in [0.25, 0.3) is 17.3 Å². The number of nitrogens with zero attached hydrogens (tertiary/aromatic N) is 4. The number of amides is 2. The summed E-state index contributed by atoms with van der Waals surface area (Å²) in [5, 5.41) is 5.47. The molecule has 6 rings (SSSR count). The summed E-state index contributed by atoms with van der Waals surface area (Å²) in [6, 6.07) is 11.7. The van der Waals surface area contributed by atoms with Crippen LogP contribution in [-0.4, -0.2) is 52.5 Å². The molecular formula is C27H26N6O4S. The Labute approximate surface area is 223 Å². The number of thioether (sulfide) groups is 1. The van der Waals surface area contributed by atoms with E-state index in [0.717, 1.165) is 79.1 Å². The van der Waals surface area contributed by atoms with Crippen LogP contribution < -0.4 is 25.0 Å². The summed E-state index contributed by atoms with van der Waals surface area (Å²) in [7, 11) is 0. The molecule has 3 aliphatic heterocycles. The Balaban J connectivity index is 0.972. The number of benzene rings is 1. The van der Waals surface area contributed by atoms with Crippen LogP contribution in [0.2, 0.25) is 0 Å².